The van der Waals surface area contributed by atoms with E-state index in [0.29, 0.717) is 36.5 Å². The van der Waals surface area contributed by atoms with Gasteiger partial charge in [-0.15, -0.1) is 24.8 Å². The molecule has 3 aliphatic heterocycles. The van der Waals surface area contributed by atoms with E-state index in [1.807, 2.05) is 6.07 Å². The summed E-state index contributed by atoms with van der Waals surface area (Å²) in [6.07, 6.45) is 1.13. The van der Waals surface area contributed by atoms with E-state index in [2.05, 4.69) is 10.2 Å². The highest BCUT2D eigenvalue weighted by Crippen LogP contribution is 2.45. The summed E-state index contributed by atoms with van der Waals surface area (Å²) in [5.74, 6) is -0.555. The molecule has 0 radical (unpaired) electrons. The van der Waals surface area contributed by atoms with Crippen LogP contribution in [-0.4, -0.2) is 51.6 Å². The molecule has 0 aromatic heterocycles. The van der Waals surface area contributed by atoms with Crippen molar-refractivity contribution in [2.45, 2.75) is 18.5 Å². The average molecular weight is 461 g/mol. The zero-order valence-corrected chi connectivity index (χ0v) is 18.0. The number of likely N-dealkylation sites (tertiary alicyclic amines) is 1. The van der Waals surface area contributed by atoms with Gasteiger partial charge in [0.05, 0.1) is 17.1 Å². The van der Waals surface area contributed by atoms with Crippen molar-refractivity contribution in [3.8, 4) is 0 Å². The minimum absolute atomic E-state index is 0. The van der Waals surface area contributed by atoms with Crippen molar-refractivity contribution in [2.75, 3.05) is 34.8 Å². The average Bonchev–Trinajstić information content (AvgIpc) is 3.32. The van der Waals surface area contributed by atoms with Crippen molar-refractivity contribution >= 4 is 52.1 Å². The fourth-order valence-electron chi connectivity index (χ4n) is 4.44. The smallest absolute Gasteiger partial charge is 0.311 e. The Morgan fingerprint density at radius 3 is 2.24 bits per heavy atom. The van der Waals surface area contributed by atoms with Crippen LogP contribution in [0.5, 0.6) is 0 Å². The molecule has 2 bridgehead atoms. The van der Waals surface area contributed by atoms with Gasteiger partial charge < -0.3 is 5.32 Å². The van der Waals surface area contributed by atoms with Gasteiger partial charge in [-0.05, 0) is 30.7 Å². The second-order valence-corrected chi connectivity index (χ2v) is 8.98. The van der Waals surface area contributed by atoms with Crippen molar-refractivity contribution in [1.82, 2.24) is 10.2 Å². The molecule has 2 aromatic carbocycles. The Morgan fingerprint density at radius 1 is 0.966 bits per heavy atom. The number of halogens is 3. The topological polar surface area (TPSA) is 55.9 Å². The molecule has 2 aromatic rings. The molecule has 2 fully saturated rings. The number of hydrogen-bond donors (Lipinski definition) is 1. The number of anilines is 3. The number of nitrogens with zero attached hydrogens (tertiary/aromatic N) is 3. The molecule has 3 aliphatic rings. The molecule has 5 rings (SSSR count). The number of rotatable bonds is 4. The van der Waals surface area contributed by atoms with Gasteiger partial charge in [0, 0.05) is 38.3 Å². The zero-order chi connectivity index (χ0) is 18.6. The lowest BCUT2D eigenvalue weighted by Gasteiger charge is -2.29. The third-order valence-corrected chi connectivity index (χ3v) is 7.50. The van der Waals surface area contributed by atoms with Crippen LogP contribution in [0.15, 0.2) is 48.5 Å². The molecule has 0 saturated carbocycles. The Labute approximate surface area is 182 Å². The van der Waals surface area contributed by atoms with E-state index < -0.39 is 16.0 Å². The van der Waals surface area contributed by atoms with Crippen LogP contribution in [0.3, 0.4) is 0 Å². The van der Waals surface area contributed by atoms with Gasteiger partial charge in [0.1, 0.15) is 5.82 Å². The first-order valence-electron chi connectivity index (χ1n) is 9.20. The van der Waals surface area contributed by atoms with Crippen LogP contribution >= 0.6 is 24.8 Å². The van der Waals surface area contributed by atoms with Crippen LogP contribution in [-0.2, 0) is 10.2 Å². The monoisotopic (exact) mass is 460 g/mol. The molecular weight excluding hydrogens is 438 g/mol. The summed E-state index contributed by atoms with van der Waals surface area (Å²) >= 11 is 0. The first-order chi connectivity index (χ1) is 13.1. The standard InChI is InChI=1S/C19H21FN4O2S.2ClH/c20-16-5-1-2-6-17(16)24-19-8-4-3-7-18(19)23(27(24,25)26)10-9-22-13-14-11-15(22)12-21-14;;/h1-8,14-15,21H,9-13H2;2*1H/t14-,15-;;/m0../s1. The van der Waals surface area contributed by atoms with Crippen LogP contribution in [0.1, 0.15) is 6.42 Å². The number of fused-ring (bicyclic) bond motifs is 3. The van der Waals surface area contributed by atoms with Gasteiger partial charge in [0.25, 0.3) is 0 Å². The van der Waals surface area contributed by atoms with Crippen molar-refractivity contribution < 1.29 is 12.8 Å². The first kappa shape index (κ1) is 22.1. The number of para-hydroxylation sites is 3. The molecule has 2 saturated heterocycles. The Morgan fingerprint density at radius 2 is 1.62 bits per heavy atom. The largest absolute Gasteiger partial charge is 0.331 e. The fourth-order valence-corrected chi connectivity index (χ4v) is 6.15. The van der Waals surface area contributed by atoms with Crippen LogP contribution in [0.4, 0.5) is 21.5 Å². The van der Waals surface area contributed by atoms with Gasteiger partial charge in [-0.25, -0.2) is 13.0 Å². The third-order valence-electron chi connectivity index (χ3n) is 5.71. The van der Waals surface area contributed by atoms with E-state index in [4.69, 9.17) is 0 Å². The predicted octanol–water partition coefficient (Wildman–Crippen LogP) is 2.92. The molecule has 0 unspecified atom stereocenters. The lowest BCUT2D eigenvalue weighted by Crippen LogP contribution is -2.47. The van der Waals surface area contributed by atoms with Crippen LogP contribution < -0.4 is 13.9 Å². The van der Waals surface area contributed by atoms with Crippen LogP contribution in [0, 0.1) is 5.82 Å². The van der Waals surface area contributed by atoms with Gasteiger partial charge >= 0.3 is 10.2 Å². The van der Waals surface area contributed by atoms with Crippen molar-refractivity contribution in [3.63, 3.8) is 0 Å². The van der Waals surface area contributed by atoms with E-state index in [1.165, 1.54) is 16.4 Å². The molecule has 158 valence electrons. The van der Waals surface area contributed by atoms with Gasteiger partial charge in [0.2, 0.25) is 0 Å². The molecule has 6 nitrogen and oxygen atoms in total. The van der Waals surface area contributed by atoms with Crippen molar-refractivity contribution in [2.24, 2.45) is 0 Å². The van der Waals surface area contributed by atoms with E-state index in [0.717, 1.165) is 23.8 Å². The number of piperazine rings is 1. The van der Waals surface area contributed by atoms with Crippen molar-refractivity contribution in [1.29, 1.82) is 0 Å². The molecule has 1 N–H and O–H groups in total. The zero-order valence-electron chi connectivity index (χ0n) is 15.6. The summed E-state index contributed by atoms with van der Waals surface area (Å²) < 4.78 is 43.6. The fraction of sp³-hybridized carbons (Fsp3) is 0.368. The Balaban J connectivity index is 0.00000120. The molecule has 2 atom stereocenters. The maximum Gasteiger partial charge on any atom is 0.331 e. The van der Waals surface area contributed by atoms with Gasteiger partial charge in [-0.1, -0.05) is 24.3 Å². The molecule has 0 aliphatic carbocycles. The van der Waals surface area contributed by atoms with Gasteiger partial charge in [-0.2, -0.15) is 8.42 Å². The summed E-state index contributed by atoms with van der Waals surface area (Å²) in [7, 11) is -3.88. The Kier molecular flexibility index (Phi) is 6.31. The summed E-state index contributed by atoms with van der Waals surface area (Å²) in [5.41, 5.74) is 1.15. The second kappa shape index (κ2) is 8.28. The molecular formula is C19H23Cl2FN4O2S. The number of hydrogen-bond acceptors (Lipinski definition) is 4. The predicted molar refractivity (Wildman–Crippen MR) is 118 cm³/mol. The van der Waals surface area contributed by atoms with E-state index in [-0.39, 0.29) is 30.5 Å². The normalized spacial score (nSPS) is 24.2. The minimum Gasteiger partial charge on any atom is -0.311 e. The SMILES string of the molecule is Cl.Cl.O=S1(=O)N(CCN2C[C@@H]3C[C@H]2CN3)c2ccccc2N1c1ccccc1F. The van der Waals surface area contributed by atoms with E-state index in [1.54, 1.807) is 30.3 Å². The highest BCUT2D eigenvalue weighted by Gasteiger charge is 2.43. The molecule has 10 heteroatoms. The molecule has 0 spiro atoms. The maximum absolute atomic E-state index is 14.4. The molecule has 29 heavy (non-hydrogen) atoms. The highest BCUT2D eigenvalue weighted by atomic mass is 35.5. The lowest BCUT2D eigenvalue weighted by molar-refractivity contribution is 0.233. The van der Waals surface area contributed by atoms with E-state index in [9.17, 15) is 12.8 Å². The first-order valence-corrected chi connectivity index (χ1v) is 10.6. The lowest BCUT2D eigenvalue weighted by atomic mass is 10.2. The summed E-state index contributed by atoms with van der Waals surface area (Å²) in [5, 5.41) is 3.46. The summed E-state index contributed by atoms with van der Waals surface area (Å²) in [6.45, 7) is 2.95. The van der Waals surface area contributed by atoms with Gasteiger partial charge in [-0.3, -0.25) is 4.90 Å². The Hall–Kier alpha value is -1.58. The van der Waals surface area contributed by atoms with Crippen molar-refractivity contribution in [3.05, 3.63) is 54.3 Å². The van der Waals surface area contributed by atoms with E-state index >= 15 is 0 Å². The second-order valence-electron chi connectivity index (χ2n) is 7.27. The van der Waals surface area contributed by atoms with Crippen LogP contribution in [0.25, 0.3) is 0 Å². The molecule has 0 amide bonds. The van der Waals surface area contributed by atoms with Gasteiger partial charge in [0.15, 0.2) is 0 Å². The summed E-state index contributed by atoms with van der Waals surface area (Å²) in [6, 6.07) is 14.1. The number of nitrogens with one attached hydrogen (secondary N) is 1. The Bertz CT molecular complexity index is 994. The van der Waals surface area contributed by atoms with Crippen LogP contribution in [0.2, 0.25) is 0 Å². The highest BCUT2D eigenvalue weighted by molar-refractivity contribution is 7.95. The molecule has 3 heterocycles. The quantitative estimate of drug-likeness (QED) is 0.761. The minimum atomic E-state index is -3.88. The summed E-state index contributed by atoms with van der Waals surface area (Å²) in [4.78, 5) is 2.35. The third kappa shape index (κ3) is 3.57. The maximum atomic E-state index is 14.4. The number of benzene rings is 2.